The van der Waals surface area contributed by atoms with Gasteiger partial charge in [0, 0.05) is 0 Å². The highest BCUT2D eigenvalue weighted by Gasteiger charge is 2.24. The van der Waals surface area contributed by atoms with E-state index in [1.165, 1.54) is 12.1 Å². The summed E-state index contributed by atoms with van der Waals surface area (Å²) in [5.41, 5.74) is 0. The van der Waals surface area contributed by atoms with Gasteiger partial charge in [-0.1, -0.05) is 16.8 Å². The third kappa shape index (κ3) is 2.75. The lowest BCUT2D eigenvalue weighted by atomic mass is 10.2. The highest BCUT2D eigenvalue weighted by molar-refractivity contribution is 6.29. The molecule has 2 aromatic rings. The second kappa shape index (κ2) is 5.51. The molecule has 0 bridgehead atoms. The number of amides is 1. The molecule has 0 radical (unpaired) electrons. The molecule has 9 heteroatoms. The molecule has 0 saturated carbocycles. The van der Waals surface area contributed by atoms with Crippen LogP contribution in [-0.4, -0.2) is 32.8 Å². The normalized spacial score (nSPS) is 18.1. The lowest BCUT2D eigenvalue weighted by molar-refractivity contribution is 0.101. The van der Waals surface area contributed by atoms with Gasteiger partial charge in [-0.3, -0.25) is 4.79 Å². The largest absolute Gasteiger partial charge is 0.337 e. The zero-order valence-electron chi connectivity index (χ0n) is 10.3. The number of rotatable bonds is 3. The Kier molecular flexibility index (Phi) is 3.57. The van der Waals surface area contributed by atoms with Gasteiger partial charge >= 0.3 is 0 Å². The summed E-state index contributed by atoms with van der Waals surface area (Å²) < 4.78 is 5.08. The van der Waals surface area contributed by atoms with E-state index in [1.807, 2.05) is 0 Å². The van der Waals surface area contributed by atoms with Crippen molar-refractivity contribution in [2.24, 2.45) is 0 Å². The fourth-order valence-electron chi connectivity index (χ4n) is 1.92. The Bertz CT molecular complexity index is 608. The molecule has 3 rings (SSSR count). The summed E-state index contributed by atoms with van der Waals surface area (Å²) >= 11 is 5.61. The van der Waals surface area contributed by atoms with Gasteiger partial charge in [0.1, 0.15) is 0 Å². The fraction of sp³-hybridized carbons (Fsp3) is 0.364. The molecule has 104 valence electrons. The summed E-state index contributed by atoms with van der Waals surface area (Å²) in [6.45, 7) is 0.912. The van der Waals surface area contributed by atoms with E-state index in [0.29, 0.717) is 5.89 Å². The molecule has 2 N–H and O–H groups in total. The first-order valence-electron chi connectivity index (χ1n) is 6.10. The smallest absolute Gasteiger partial charge is 0.298 e. The molecule has 3 heterocycles. The second-order valence-corrected chi connectivity index (χ2v) is 4.69. The van der Waals surface area contributed by atoms with Crippen molar-refractivity contribution >= 4 is 23.3 Å². The number of carbonyl (C=O) groups excluding carboxylic acids is 1. The lowest BCUT2D eigenvalue weighted by Crippen LogP contribution is -2.16. The van der Waals surface area contributed by atoms with E-state index in [4.69, 9.17) is 16.1 Å². The van der Waals surface area contributed by atoms with Crippen molar-refractivity contribution in [3.63, 3.8) is 0 Å². The molecule has 1 fully saturated rings. The van der Waals surface area contributed by atoms with Gasteiger partial charge in [-0.05, 0) is 31.5 Å². The minimum atomic E-state index is -0.505. The molecule has 20 heavy (non-hydrogen) atoms. The highest BCUT2D eigenvalue weighted by atomic mass is 35.5. The molecule has 1 aliphatic heterocycles. The van der Waals surface area contributed by atoms with Crippen LogP contribution in [0, 0.1) is 0 Å². The molecule has 1 atom stereocenters. The third-order valence-corrected chi connectivity index (χ3v) is 3.08. The maximum atomic E-state index is 11.9. The van der Waals surface area contributed by atoms with Gasteiger partial charge < -0.3 is 15.2 Å². The van der Waals surface area contributed by atoms with Crippen molar-refractivity contribution < 1.29 is 9.32 Å². The Morgan fingerprint density at radius 2 is 2.35 bits per heavy atom. The Hall–Kier alpha value is -2.06. The van der Waals surface area contributed by atoms with Crippen molar-refractivity contribution in [2.75, 3.05) is 11.9 Å². The van der Waals surface area contributed by atoms with Crippen LogP contribution in [0.1, 0.15) is 35.4 Å². The maximum absolute atomic E-state index is 11.9. The Labute approximate surface area is 118 Å². The molecule has 1 saturated heterocycles. The van der Waals surface area contributed by atoms with E-state index in [9.17, 15) is 4.79 Å². The Morgan fingerprint density at radius 1 is 1.45 bits per heavy atom. The average molecular weight is 295 g/mol. The van der Waals surface area contributed by atoms with Crippen LogP contribution in [0.5, 0.6) is 0 Å². The van der Waals surface area contributed by atoms with Crippen LogP contribution in [0.3, 0.4) is 0 Å². The summed E-state index contributed by atoms with van der Waals surface area (Å²) in [5.74, 6) is 0.152. The van der Waals surface area contributed by atoms with Gasteiger partial charge in [0.25, 0.3) is 11.7 Å². The molecule has 1 aliphatic rings. The molecular weight excluding hydrogens is 284 g/mol. The molecule has 2 aromatic heterocycles. The number of halogens is 1. The summed E-state index contributed by atoms with van der Waals surface area (Å²) in [4.78, 5) is 16.0. The fourth-order valence-corrected chi connectivity index (χ4v) is 2.02. The van der Waals surface area contributed by atoms with Gasteiger partial charge in [0.2, 0.25) is 5.89 Å². The van der Waals surface area contributed by atoms with Gasteiger partial charge in [0.15, 0.2) is 11.0 Å². The van der Waals surface area contributed by atoms with Gasteiger partial charge in [-0.25, -0.2) is 0 Å². The van der Waals surface area contributed by atoms with Gasteiger partial charge in [-0.2, -0.15) is 4.98 Å². The van der Waals surface area contributed by atoms with Crippen LogP contribution >= 0.6 is 11.6 Å². The predicted octanol–water partition coefficient (Wildman–Crippen LogP) is 1.19. The van der Waals surface area contributed by atoms with E-state index in [1.54, 1.807) is 0 Å². The summed E-state index contributed by atoms with van der Waals surface area (Å²) in [6.07, 6.45) is 1.97. The second-order valence-electron chi connectivity index (χ2n) is 4.30. The summed E-state index contributed by atoms with van der Waals surface area (Å²) in [5, 5.41) is 17.0. The number of nitrogens with zero attached hydrogens (tertiary/aromatic N) is 4. The van der Waals surface area contributed by atoms with Crippen LogP contribution in [0.4, 0.5) is 5.82 Å². The van der Waals surface area contributed by atoms with Gasteiger partial charge in [-0.15, -0.1) is 10.2 Å². The molecular formula is C11H11ClN6O2. The third-order valence-electron chi connectivity index (χ3n) is 2.88. The van der Waals surface area contributed by atoms with Crippen LogP contribution in [0.2, 0.25) is 5.15 Å². The van der Waals surface area contributed by atoms with Crippen molar-refractivity contribution in [1.82, 2.24) is 25.7 Å². The number of hydrogen-bond acceptors (Lipinski definition) is 7. The molecule has 1 amide bonds. The quantitative estimate of drug-likeness (QED) is 0.875. The predicted molar refractivity (Wildman–Crippen MR) is 69.3 cm³/mol. The van der Waals surface area contributed by atoms with E-state index >= 15 is 0 Å². The lowest BCUT2D eigenvalue weighted by Gasteiger charge is -2.01. The zero-order valence-corrected chi connectivity index (χ0v) is 11.1. The van der Waals surface area contributed by atoms with Crippen molar-refractivity contribution in [3.05, 3.63) is 29.0 Å². The van der Waals surface area contributed by atoms with Gasteiger partial charge in [0.05, 0.1) is 6.04 Å². The van der Waals surface area contributed by atoms with E-state index in [2.05, 4.69) is 31.0 Å². The molecule has 0 aliphatic carbocycles. The van der Waals surface area contributed by atoms with Crippen LogP contribution in [0.15, 0.2) is 16.7 Å². The van der Waals surface area contributed by atoms with E-state index < -0.39 is 5.91 Å². The number of carbonyl (C=O) groups is 1. The SMILES string of the molecule is O=C(Nc1ccc(Cl)nn1)c1noc(C2CCCN2)n1. The van der Waals surface area contributed by atoms with Crippen molar-refractivity contribution in [3.8, 4) is 0 Å². The minimum absolute atomic E-state index is 0.0272. The number of nitrogens with one attached hydrogen (secondary N) is 2. The van der Waals surface area contributed by atoms with Crippen LogP contribution in [-0.2, 0) is 0 Å². The first-order valence-corrected chi connectivity index (χ1v) is 6.48. The Morgan fingerprint density at radius 3 is 3.05 bits per heavy atom. The summed E-state index contributed by atoms with van der Waals surface area (Å²) in [6, 6.07) is 3.08. The average Bonchev–Trinajstić information content (AvgIpc) is 3.11. The van der Waals surface area contributed by atoms with E-state index in [0.717, 1.165) is 19.4 Å². The number of aromatic nitrogens is 4. The topological polar surface area (TPSA) is 106 Å². The standard InChI is InChI=1S/C11H11ClN6O2/c12-7-3-4-8(17-16-7)14-10(19)9-15-11(20-18-9)6-2-1-5-13-6/h3-4,6,13H,1-2,5H2,(H,14,17,19). The summed E-state index contributed by atoms with van der Waals surface area (Å²) in [7, 11) is 0. The minimum Gasteiger partial charge on any atom is -0.337 e. The maximum Gasteiger partial charge on any atom is 0.298 e. The number of hydrogen-bond donors (Lipinski definition) is 2. The highest BCUT2D eigenvalue weighted by Crippen LogP contribution is 2.21. The molecule has 1 unspecified atom stereocenters. The van der Waals surface area contributed by atoms with Crippen molar-refractivity contribution in [2.45, 2.75) is 18.9 Å². The van der Waals surface area contributed by atoms with Crippen molar-refractivity contribution in [1.29, 1.82) is 0 Å². The molecule has 8 nitrogen and oxygen atoms in total. The van der Waals surface area contributed by atoms with Crippen LogP contribution in [0.25, 0.3) is 0 Å². The van der Waals surface area contributed by atoms with Crippen LogP contribution < -0.4 is 10.6 Å². The Balaban J connectivity index is 1.69. The zero-order chi connectivity index (χ0) is 13.9. The number of anilines is 1. The monoisotopic (exact) mass is 294 g/mol. The molecule has 0 aromatic carbocycles. The molecule has 0 spiro atoms. The van der Waals surface area contributed by atoms with E-state index in [-0.39, 0.29) is 22.8 Å². The first-order chi connectivity index (χ1) is 9.72. The first kappa shape index (κ1) is 12.9.